The van der Waals surface area contributed by atoms with Crippen LogP contribution in [0.15, 0.2) is 0 Å². The van der Waals surface area contributed by atoms with Gasteiger partial charge >= 0.3 is 0 Å². The van der Waals surface area contributed by atoms with E-state index in [4.69, 9.17) is 11.5 Å². The summed E-state index contributed by atoms with van der Waals surface area (Å²) in [6, 6.07) is 0.304. The fourth-order valence-corrected chi connectivity index (χ4v) is 2.13. The number of primary amides is 1. The standard InChI is InChI=1S/C13H25N3O2/c1-13(2,12(15)18)8-16-11(17)7-9-3-5-10(14)6-4-9/h9-10H,3-8,14H2,1-2H3,(H2,15,18)(H,16,17). The Morgan fingerprint density at radius 3 is 2.28 bits per heavy atom. The molecular weight excluding hydrogens is 230 g/mol. The van der Waals surface area contributed by atoms with Crippen LogP contribution in [0, 0.1) is 11.3 Å². The molecule has 2 amide bonds. The van der Waals surface area contributed by atoms with Gasteiger partial charge in [-0.15, -0.1) is 0 Å². The molecule has 0 aromatic rings. The first-order chi connectivity index (χ1) is 8.31. The molecule has 0 radical (unpaired) electrons. The van der Waals surface area contributed by atoms with Gasteiger partial charge in [-0.25, -0.2) is 0 Å². The van der Waals surface area contributed by atoms with Gasteiger partial charge in [0.2, 0.25) is 11.8 Å². The van der Waals surface area contributed by atoms with Gasteiger partial charge in [0.1, 0.15) is 0 Å². The molecule has 0 aliphatic heterocycles. The van der Waals surface area contributed by atoms with Crippen molar-refractivity contribution in [2.24, 2.45) is 22.8 Å². The number of nitrogens with one attached hydrogen (secondary N) is 1. The van der Waals surface area contributed by atoms with Crippen molar-refractivity contribution in [3.8, 4) is 0 Å². The van der Waals surface area contributed by atoms with E-state index < -0.39 is 11.3 Å². The summed E-state index contributed by atoms with van der Waals surface area (Å²) in [6.07, 6.45) is 4.58. The first kappa shape index (κ1) is 15.0. The fraction of sp³-hybridized carbons (Fsp3) is 0.846. The van der Waals surface area contributed by atoms with Gasteiger partial charge in [0.05, 0.1) is 5.41 Å². The summed E-state index contributed by atoms with van der Waals surface area (Å²) in [5.41, 5.74) is 10.4. The van der Waals surface area contributed by atoms with E-state index in [9.17, 15) is 9.59 Å². The van der Waals surface area contributed by atoms with Gasteiger partial charge in [-0.05, 0) is 45.4 Å². The molecule has 1 saturated carbocycles. The molecule has 0 spiro atoms. The number of carbonyl (C=O) groups is 2. The topological polar surface area (TPSA) is 98.2 Å². The molecule has 0 saturated heterocycles. The molecule has 5 N–H and O–H groups in total. The van der Waals surface area contributed by atoms with Crippen molar-refractivity contribution >= 4 is 11.8 Å². The summed E-state index contributed by atoms with van der Waals surface area (Å²) < 4.78 is 0. The van der Waals surface area contributed by atoms with Crippen LogP contribution in [0.5, 0.6) is 0 Å². The van der Waals surface area contributed by atoms with E-state index in [1.165, 1.54) is 0 Å². The zero-order valence-electron chi connectivity index (χ0n) is 11.4. The smallest absolute Gasteiger partial charge is 0.224 e. The quantitative estimate of drug-likeness (QED) is 0.668. The highest BCUT2D eigenvalue weighted by Gasteiger charge is 2.26. The van der Waals surface area contributed by atoms with Crippen LogP contribution in [0.4, 0.5) is 0 Å². The Morgan fingerprint density at radius 1 is 1.22 bits per heavy atom. The van der Waals surface area contributed by atoms with Gasteiger partial charge in [-0.1, -0.05) is 0 Å². The van der Waals surface area contributed by atoms with Crippen LogP contribution >= 0.6 is 0 Å². The monoisotopic (exact) mass is 255 g/mol. The third kappa shape index (κ3) is 4.64. The lowest BCUT2D eigenvalue weighted by Crippen LogP contribution is -2.42. The molecule has 0 atom stereocenters. The average molecular weight is 255 g/mol. The van der Waals surface area contributed by atoms with Crippen LogP contribution in [0.3, 0.4) is 0 Å². The summed E-state index contributed by atoms with van der Waals surface area (Å²) >= 11 is 0. The minimum atomic E-state index is -0.690. The Labute approximate surface area is 109 Å². The molecular formula is C13H25N3O2. The largest absolute Gasteiger partial charge is 0.369 e. The maximum Gasteiger partial charge on any atom is 0.224 e. The van der Waals surface area contributed by atoms with E-state index in [1.807, 2.05) is 0 Å². The third-order valence-corrected chi connectivity index (χ3v) is 3.76. The van der Waals surface area contributed by atoms with Crippen molar-refractivity contribution < 1.29 is 9.59 Å². The number of hydrogen-bond donors (Lipinski definition) is 3. The van der Waals surface area contributed by atoms with Gasteiger partial charge in [0, 0.05) is 19.0 Å². The lowest BCUT2D eigenvalue weighted by Gasteiger charge is -2.26. The van der Waals surface area contributed by atoms with Gasteiger partial charge in [0.25, 0.3) is 0 Å². The molecule has 18 heavy (non-hydrogen) atoms. The van der Waals surface area contributed by atoms with Crippen LogP contribution in [0.2, 0.25) is 0 Å². The Bertz CT molecular complexity index is 307. The molecule has 0 aromatic heterocycles. The van der Waals surface area contributed by atoms with E-state index >= 15 is 0 Å². The van der Waals surface area contributed by atoms with E-state index in [2.05, 4.69) is 5.32 Å². The maximum atomic E-state index is 11.8. The number of hydrogen-bond acceptors (Lipinski definition) is 3. The molecule has 104 valence electrons. The van der Waals surface area contributed by atoms with Crippen LogP contribution < -0.4 is 16.8 Å². The van der Waals surface area contributed by atoms with Crippen molar-refractivity contribution in [1.29, 1.82) is 0 Å². The van der Waals surface area contributed by atoms with Crippen LogP contribution in [0.1, 0.15) is 46.0 Å². The lowest BCUT2D eigenvalue weighted by molar-refractivity contribution is -0.127. The second-order valence-corrected chi connectivity index (χ2v) is 6.01. The predicted octanol–water partition coefficient (Wildman–Crippen LogP) is 0.522. The third-order valence-electron chi connectivity index (χ3n) is 3.76. The second kappa shape index (κ2) is 6.18. The van der Waals surface area contributed by atoms with Crippen molar-refractivity contribution in [2.75, 3.05) is 6.54 Å². The predicted molar refractivity (Wildman–Crippen MR) is 70.5 cm³/mol. The number of nitrogens with two attached hydrogens (primary N) is 2. The van der Waals surface area contributed by atoms with Crippen LogP contribution in [-0.4, -0.2) is 24.4 Å². The maximum absolute atomic E-state index is 11.8. The number of rotatable bonds is 5. The second-order valence-electron chi connectivity index (χ2n) is 6.01. The molecule has 1 fully saturated rings. The highest BCUT2D eigenvalue weighted by atomic mass is 16.2. The molecule has 5 nitrogen and oxygen atoms in total. The van der Waals surface area contributed by atoms with Crippen LogP contribution in [0.25, 0.3) is 0 Å². The first-order valence-electron chi connectivity index (χ1n) is 6.63. The molecule has 1 aliphatic carbocycles. The minimum Gasteiger partial charge on any atom is -0.369 e. The van der Waals surface area contributed by atoms with Crippen molar-refractivity contribution in [1.82, 2.24) is 5.32 Å². The summed E-state index contributed by atoms with van der Waals surface area (Å²) in [6.45, 7) is 3.76. The Kier molecular flexibility index (Phi) is 5.14. The molecule has 0 unspecified atom stereocenters. The van der Waals surface area contributed by atoms with Gasteiger partial charge in [-0.3, -0.25) is 9.59 Å². The van der Waals surface area contributed by atoms with E-state index in [1.54, 1.807) is 13.8 Å². The molecule has 5 heteroatoms. The van der Waals surface area contributed by atoms with E-state index in [-0.39, 0.29) is 5.91 Å². The van der Waals surface area contributed by atoms with Crippen molar-refractivity contribution in [3.05, 3.63) is 0 Å². The number of amides is 2. The molecule has 0 aromatic carbocycles. The number of carbonyl (C=O) groups excluding carboxylic acids is 2. The summed E-state index contributed by atoms with van der Waals surface area (Å²) in [7, 11) is 0. The van der Waals surface area contributed by atoms with Crippen LogP contribution in [-0.2, 0) is 9.59 Å². The Hall–Kier alpha value is -1.10. The lowest BCUT2D eigenvalue weighted by atomic mass is 9.84. The minimum absolute atomic E-state index is 0.00444. The van der Waals surface area contributed by atoms with Crippen molar-refractivity contribution in [2.45, 2.75) is 52.0 Å². The summed E-state index contributed by atoms with van der Waals surface area (Å²) in [4.78, 5) is 22.9. The SMILES string of the molecule is CC(C)(CNC(=O)CC1CCC(N)CC1)C(N)=O. The Balaban J connectivity index is 2.28. The summed E-state index contributed by atoms with van der Waals surface area (Å²) in [5, 5.41) is 2.79. The molecule has 0 bridgehead atoms. The van der Waals surface area contributed by atoms with E-state index in [0.717, 1.165) is 25.7 Å². The molecule has 1 aliphatic rings. The zero-order chi connectivity index (χ0) is 13.8. The van der Waals surface area contributed by atoms with Gasteiger partial charge < -0.3 is 16.8 Å². The zero-order valence-corrected chi connectivity index (χ0v) is 11.4. The van der Waals surface area contributed by atoms with E-state index in [0.29, 0.717) is 24.9 Å². The summed E-state index contributed by atoms with van der Waals surface area (Å²) in [5.74, 6) is 0.0396. The first-order valence-corrected chi connectivity index (χ1v) is 6.63. The fourth-order valence-electron chi connectivity index (χ4n) is 2.13. The molecule has 1 rings (SSSR count). The average Bonchev–Trinajstić information content (AvgIpc) is 2.29. The van der Waals surface area contributed by atoms with Gasteiger partial charge in [-0.2, -0.15) is 0 Å². The highest BCUT2D eigenvalue weighted by molar-refractivity contribution is 5.82. The normalized spacial score (nSPS) is 24.6. The van der Waals surface area contributed by atoms with Crippen molar-refractivity contribution in [3.63, 3.8) is 0 Å². The highest BCUT2D eigenvalue weighted by Crippen LogP contribution is 2.25. The molecule has 0 heterocycles. The Morgan fingerprint density at radius 2 is 1.78 bits per heavy atom. The van der Waals surface area contributed by atoms with Gasteiger partial charge in [0.15, 0.2) is 0 Å².